The van der Waals surface area contributed by atoms with E-state index in [1.807, 2.05) is 13.0 Å². The molecule has 1 aromatic rings. The predicted molar refractivity (Wildman–Crippen MR) is 59.3 cm³/mol. The molecular weight excluding hydrogens is 246 g/mol. The summed E-state index contributed by atoms with van der Waals surface area (Å²) in [5.41, 5.74) is 1.11. The van der Waals surface area contributed by atoms with E-state index in [0.29, 0.717) is 6.61 Å². The van der Waals surface area contributed by atoms with Crippen molar-refractivity contribution < 1.29 is 9.15 Å². The Morgan fingerprint density at radius 1 is 1.57 bits per heavy atom. The van der Waals surface area contributed by atoms with Gasteiger partial charge in [-0.3, -0.25) is 0 Å². The molecule has 0 amide bonds. The smallest absolute Gasteiger partial charge is 0.173 e. The SMILES string of the molecule is CCNC(COCC)c1ccoc1Br. The third-order valence-electron chi connectivity index (χ3n) is 1.96. The lowest BCUT2D eigenvalue weighted by molar-refractivity contribution is 0.123. The fraction of sp³-hybridized carbons (Fsp3) is 0.600. The number of hydrogen-bond acceptors (Lipinski definition) is 3. The molecular formula is C10H16BrNO2. The largest absolute Gasteiger partial charge is 0.457 e. The fourth-order valence-electron chi connectivity index (χ4n) is 1.29. The molecule has 0 aliphatic carbocycles. The molecule has 1 atom stereocenters. The number of rotatable bonds is 6. The van der Waals surface area contributed by atoms with E-state index in [1.54, 1.807) is 6.26 Å². The molecule has 0 spiro atoms. The zero-order chi connectivity index (χ0) is 10.4. The highest BCUT2D eigenvalue weighted by Crippen LogP contribution is 2.24. The average molecular weight is 262 g/mol. The Balaban J connectivity index is 2.62. The van der Waals surface area contributed by atoms with Crippen molar-refractivity contribution in [1.82, 2.24) is 5.32 Å². The van der Waals surface area contributed by atoms with E-state index >= 15 is 0 Å². The second kappa shape index (κ2) is 6.22. The summed E-state index contributed by atoms with van der Waals surface area (Å²) in [7, 11) is 0. The maximum absolute atomic E-state index is 5.40. The maximum atomic E-state index is 5.40. The molecule has 80 valence electrons. The first-order chi connectivity index (χ1) is 6.79. The van der Waals surface area contributed by atoms with Crippen molar-refractivity contribution in [2.75, 3.05) is 19.8 Å². The Hall–Kier alpha value is -0.320. The van der Waals surface area contributed by atoms with Crippen LogP contribution < -0.4 is 5.32 Å². The van der Waals surface area contributed by atoms with Crippen LogP contribution in [0.4, 0.5) is 0 Å². The Bertz CT molecular complexity index is 262. The van der Waals surface area contributed by atoms with Gasteiger partial charge >= 0.3 is 0 Å². The first-order valence-corrected chi connectivity index (χ1v) is 5.62. The Labute approximate surface area is 92.9 Å². The highest BCUT2D eigenvalue weighted by molar-refractivity contribution is 9.10. The lowest BCUT2D eigenvalue weighted by Gasteiger charge is -2.16. The highest BCUT2D eigenvalue weighted by atomic mass is 79.9. The molecule has 14 heavy (non-hydrogen) atoms. The van der Waals surface area contributed by atoms with E-state index < -0.39 is 0 Å². The van der Waals surface area contributed by atoms with Crippen LogP contribution in [-0.2, 0) is 4.74 Å². The number of ether oxygens (including phenoxy) is 1. The number of furan rings is 1. The summed E-state index contributed by atoms with van der Waals surface area (Å²) >= 11 is 3.37. The van der Waals surface area contributed by atoms with Crippen LogP contribution in [0.1, 0.15) is 25.5 Å². The van der Waals surface area contributed by atoms with Gasteiger partial charge in [-0.2, -0.15) is 0 Å². The van der Waals surface area contributed by atoms with E-state index in [9.17, 15) is 0 Å². The summed E-state index contributed by atoms with van der Waals surface area (Å²) in [5.74, 6) is 0. The van der Waals surface area contributed by atoms with Crippen LogP contribution in [0.3, 0.4) is 0 Å². The summed E-state index contributed by atoms with van der Waals surface area (Å²) in [6.07, 6.45) is 1.68. The van der Waals surface area contributed by atoms with Gasteiger partial charge in [0.2, 0.25) is 0 Å². The molecule has 0 aliphatic rings. The van der Waals surface area contributed by atoms with Gasteiger partial charge < -0.3 is 14.5 Å². The van der Waals surface area contributed by atoms with E-state index in [-0.39, 0.29) is 6.04 Å². The molecule has 1 heterocycles. The van der Waals surface area contributed by atoms with Crippen LogP contribution in [0.5, 0.6) is 0 Å². The molecule has 0 radical (unpaired) electrons. The first kappa shape index (κ1) is 11.8. The molecule has 3 nitrogen and oxygen atoms in total. The van der Waals surface area contributed by atoms with Crippen molar-refractivity contribution >= 4 is 15.9 Å². The normalized spacial score (nSPS) is 13.1. The van der Waals surface area contributed by atoms with Crippen LogP contribution in [0, 0.1) is 0 Å². The van der Waals surface area contributed by atoms with Gasteiger partial charge in [0.1, 0.15) is 0 Å². The Morgan fingerprint density at radius 2 is 2.36 bits per heavy atom. The molecule has 4 heteroatoms. The maximum Gasteiger partial charge on any atom is 0.173 e. The van der Waals surface area contributed by atoms with Crippen molar-refractivity contribution in [3.63, 3.8) is 0 Å². The second-order valence-corrected chi connectivity index (χ2v) is 3.64. The minimum atomic E-state index is 0.202. The minimum absolute atomic E-state index is 0.202. The van der Waals surface area contributed by atoms with Crippen molar-refractivity contribution in [1.29, 1.82) is 0 Å². The Kier molecular flexibility index (Phi) is 5.22. The second-order valence-electron chi connectivity index (χ2n) is 2.92. The van der Waals surface area contributed by atoms with Crippen molar-refractivity contribution in [2.24, 2.45) is 0 Å². The predicted octanol–water partition coefficient (Wildman–Crippen LogP) is 2.73. The number of hydrogen-bond donors (Lipinski definition) is 1. The summed E-state index contributed by atoms with van der Waals surface area (Å²) in [6.45, 7) is 6.38. The Morgan fingerprint density at radius 3 is 2.86 bits per heavy atom. The fourth-order valence-corrected chi connectivity index (χ4v) is 1.81. The molecule has 0 aromatic carbocycles. The lowest BCUT2D eigenvalue weighted by Crippen LogP contribution is -2.25. The monoisotopic (exact) mass is 261 g/mol. The molecule has 0 aliphatic heterocycles. The average Bonchev–Trinajstić information content (AvgIpc) is 2.59. The lowest BCUT2D eigenvalue weighted by atomic mass is 10.1. The van der Waals surface area contributed by atoms with Gasteiger partial charge in [-0.05, 0) is 35.5 Å². The van der Waals surface area contributed by atoms with Gasteiger partial charge in [0.05, 0.1) is 18.9 Å². The molecule has 1 aromatic heterocycles. The zero-order valence-corrected chi connectivity index (χ0v) is 10.1. The molecule has 0 bridgehead atoms. The number of nitrogens with one attached hydrogen (secondary N) is 1. The van der Waals surface area contributed by atoms with Gasteiger partial charge in [0.15, 0.2) is 4.67 Å². The number of likely N-dealkylation sites (N-methyl/N-ethyl adjacent to an activating group) is 1. The standard InChI is InChI=1S/C10H16BrNO2/c1-3-12-9(7-13-4-2)8-5-6-14-10(8)11/h5-6,9,12H,3-4,7H2,1-2H3. The first-order valence-electron chi connectivity index (χ1n) is 4.83. The van der Waals surface area contributed by atoms with Crippen molar-refractivity contribution in [3.05, 3.63) is 22.6 Å². The molecule has 1 N–H and O–H groups in total. The summed E-state index contributed by atoms with van der Waals surface area (Å²) < 4.78 is 11.4. The van der Waals surface area contributed by atoms with E-state index in [2.05, 4.69) is 28.2 Å². The van der Waals surface area contributed by atoms with Crippen LogP contribution >= 0.6 is 15.9 Å². The van der Waals surface area contributed by atoms with Crippen molar-refractivity contribution in [2.45, 2.75) is 19.9 Å². The zero-order valence-electron chi connectivity index (χ0n) is 8.55. The molecule has 0 saturated heterocycles. The summed E-state index contributed by atoms with van der Waals surface area (Å²) in [5, 5.41) is 3.35. The van der Waals surface area contributed by atoms with Crippen LogP contribution in [-0.4, -0.2) is 19.8 Å². The van der Waals surface area contributed by atoms with Gasteiger partial charge in [-0.25, -0.2) is 0 Å². The van der Waals surface area contributed by atoms with Gasteiger partial charge in [0, 0.05) is 12.2 Å². The van der Waals surface area contributed by atoms with E-state index in [1.165, 1.54) is 0 Å². The number of halogens is 1. The molecule has 0 saturated carbocycles. The highest BCUT2D eigenvalue weighted by Gasteiger charge is 2.15. The van der Waals surface area contributed by atoms with Gasteiger partial charge in [0.25, 0.3) is 0 Å². The van der Waals surface area contributed by atoms with E-state index in [4.69, 9.17) is 9.15 Å². The molecule has 1 unspecified atom stereocenters. The van der Waals surface area contributed by atoms with Crippen LogP contribution in [0.25, 0.3) is 0 Å². The summed E-state index contributed by atoms with van der Waals surface area (Å²) in [6, 6.07) is 2.16. The third kappa shape index (κ3) is 3.12. The molecule has 1 rings (SSSR count). The van der Waals surface area contributed by atoms with Gasteiger partial charge in [-0.1, -0.05) is 6.92 Å². The van der Waals surface area contributed by atoms with Crippen LogP contribution in [0.15, 0.2) is 21.4 Å². The van der Waals surface area contributed by atoms with Crippen molar-refractivity contribution in [3.8, 4) is 0 Å². The summed E-state index contributed by atoms with van der Waals surface area (Å²) in [4.78, 5) is 0. The van der Waals surface area contributed by atoms with Crippen LogP contribution in [0.2, 0.25) is 0 Å². The quantitative estimate of drug-likeness (QED) is 0.856. The van der Waals surface area contributed by atoms with Gasteiger partial charge in [-0.15, -0.1) is 0 Å². The van der Waals surface area contributed by atoms with E-state index in [0.717, 1.165) is 23.4 Å². The topological polar surface area (TPSA) is 34.4 Å². The minimum Gasteiger partial charge on any atom is -0.457 e. The molecule has 0 fully saturated rings. The third-order valence-corrected chi connectivity index (χ3v) is 2.61.